The van der Waals surface area contributed by atoms with Gasteiger partial charge in [0.25, 0.3) is 0 Å². The molecule has 0 saturated carbocycles. The van der Waals surface area contributed by atoms with E-state index in [-0.39, 0.29) is 0 Å². The van der Waals surface area contributed by atoms with E-state index in [4.69, 9.17) is 0 Å². The van der Waals surface area contributed by atoms with Crippen LogP contribution in [-0.2, 0) is 0 Å². The van der Waals surface area contributed by atoms with Gasteiger partial charge >= 0.3 is 0 Å². The molecule has 0 saturated heterocycles. The maximum Gasteiger partial charge on any atom is 0.150 e. The molecule has 4 heteroatoms. The first-order chi connectivity index (χ1) is 9.36. The van der Waals surface area contributed by atoms with Crippen LogP contribution in [-0.4, -0.2) is 16.3 Å². The topological polar surface area (TPSA) is 54.9 Å². The number of nitrogens with zero attached hydrogens (tertiary/aromatic N) is 2. The van der Waals surface area contributed by atoms with Crippen LogP contribution in [0.5, 0.6) is 0 Å². The number of benzene rings is 1. The third-order valence-corrected chi connectivity index (χ3v) is 2.84. The van der Waals surface area contributed by atoms with Gasteiger partial charge in [-0.05, 0) is 35.7 Å². The molecule has 0 unspecified atom stereocenters. The van der Waals surface area contributed by atoms with Crippen molar-refractivity contribution in [1.29, 1.82) is 0 Å². The number of aldehydes is 1. The van der Waals surface area contributed by atoms with Gasteiger partial charge in [-0.2, -0.15) is 0 Å². The molecule has 2 aromatic heterocycles. The minimum Gasteiger partial charge on any atom is -0.324 e. The fourth-order valence-electron chi connectivity index (χ4n) is 1.93. The maximum atomic E-state index is 10.8. The molecule has 0 aliphatic carbocycles. The van der Waals surface area contributed by atoms with Crippen LogP contribution in [0.2, 0.25) is 0 Å². The molecule has 1 N–H and O–H groups in total. The first kappa shape index (κ1) is 11.3. The molecule has 0 atom stereocenters. The number of anilines is 2. The molecule has 0 aliphatic heterocycles. The summed E-state index contributed by atoms with van der Waals surface area (Å²) in [4.78, 5) is 19.3. The number of hydrogen-bond donors (Lipinski definition) is 1. The van der Waals surface area contributed by atoms with Gasteiger partial charge in [-0.1, -0.05) is 12.1 Å². The fraction of sp³-hybridized carbons (Fsp3) is 0. The highest BCUT2D eigenvalue weighted by Gasteiger charge is 2.04. The van der Waals surface area contributed by atoms with E-state index in [2.05, 4.69) is 15.3 Å². The zero-order valence-electron chi connectivity index (χ0n) is 10.1. The average molecular weight is 249 g/mol. The van der Waals surface area contributed by atoms with Crippen molar-refractivity contribution in [1.82, 2.24) is 9.97 Å². The van der Waals surface area contributed by atoms with E-state index in [1.807, 2.05) is 36.4 Å². The average Bonchev–Trinajstić information content (AvgIpc) is 2.48. The molecule has 4 nitrogen and oxygen atoms in total. The minimum atomic E-state index is 0.655. The zero-order valence-corrected chi connectivity index (χ0v) is 10.1. The lowest BCUT2D eigenvalue weighted by Gasteiger charge is -2.08. The highest BCUT2D eigenvalue weighted by molar-refractivity contribution is 5.96. The molecule has 1 aromatic carbocycles. The predicted octanol–water partition coefficient (Wildman–Crippen LogP) is 3.19. The summed E-state index contributed by atoms with van der Waals surface area (Å²) < 4.78 is 0. The first-order valence-corrected chi connectivity index (χ1v) is 5.89. The smallest absolute Gasteiger partial charge is 0.150 e. The summed E-state index contributed by atoms with van der Waals surface area (Å²) in [7, 11) is 0. The zero-order chi connectivity index (χ0) is 13.1. The van der Waals surface area contributed by atoms with Gasteiger partial charge in [0.2, 0.25) is 0 Å². The first-order valence-electron chi connectivity index (χ1n) is 5.89. The van der Waals surface area contributed by atoms with Crippen molar-refractivity contribution in [2.75, 3.05) is 5.32 Å². The van der Waals surface area contributed by atoms with Gasteiger partial charge in [0.1, 0.15) is 17.9 Å². The SMILES string of the molecule is O=Cc1ccc2c(Nc3ccccn3)nccc2c1. The maximum absolute atomic E-state index is 10.8. The van der Waals surface area contributed by atoms with Crippen LogP contribution in [0.25, 0.3) is 10.8 Å². The summed E-state index contributed by atoms with van der Waals surface area (Å²) in [5.41, 5.74) is 0.655. The van der Waals surface area contributed by atoms with Crippen molar-refractivity contribution in [3.05, 3.63) is 60.4 Å². The molecule has 19 heavy (non-hydrogen) atoms. The number of pyridine rings is 2. The Morgan fingerprint density at radius 1 is 1.00 bits per heavy atom. The van der Waals surface area contributed by atoms with Crippen LogP contribution in [0.1, 0.15) is 10.4 Å². The van der Waals surface area contributed by atoms with Crippen LogP contribution in [0.15, 0.2) is 54.9 Å². The van der Waals surface area contributed by atoms with Crippen molar-refractivity contribution < 1.29 is 4.79 Å². The van der Waals surface area contributed by atoms with Crippen LogP contribution in [0.4, 0.5) is 11.6 Å². The number of carbonyl (C=O) groups is 1. The van der Waals surface area contributed by atoms with Gasteiger partial charge in [-0.25, -0.2) is 9.97 Å². The second-order valence-electron chi connectivity index (χ2n) is 4.10. The minimum absolute atomic E-state index is 0.655. The third-order valence-electron chi connectivity index (χ3n) is 2.84. The monoisotopic (exact) mass is 249 g/mol. The van der Waals surface area contributed by atoms with Crippen LogP contribution >= 0.6 is 0 Å². The molecule has 3 aromatic rings. The summed E-state index contributed by atoms with van der Waals surface area (Å²) >= 11 is 0. The standard InChI is InChI=1S/C15H11N3O/c19-10-11-4-5-13-12(9-11)6-8-17-15(13)18-14-3-1-2-7-16-14/h1-10H,(H,16,17,18). The number of nitrogens with one attached hydrogen (secondary N) is 1. The highest BCUT2D eigenvalue weighted by atomic mass is 16.1. The van der Waals surface area contributed by atoms with Gasteiger partial charge in [0, 0.05) is 23.3 Å². The number of rotatable bonds is 3. The fourth-order valence-corrected chi connectivity index (χ4v) is 1.93. The van der Waals surface area contributed by atoms with Gasteiger partial charge in [0.05, 0.1) is 0 Å². The van der Waals surface area contributed by atoms with E-state index in [0.717, 1.165) is 28.7 Å². The van der Waals surface area contributed by atoms with E-state index < -0.39 is 0 Å². The molecule has 0 fully saturated rings. The van der Waals surface area contributed by atoms with Crippen molar-refractivity contribution in [2.45, 2.75) is 0 Å². The van der Waals surface area contributed by atoms with Crippen molar-refractivity contribution in [3.8, 4) is 0 Å². The summed E-state index contributed by atoms with van der Waals surface area (Å²) in [5, 5.41) is 5.10. The van der Waals surface area contributed by atoms with Crippen LogP contribution in [0.3, 0.4) is 0 Å². The Balaban J connectivity index is 2.06. The van der Waals surface area contributed by atoms with E-state index in [9.17, 15) is 4.79 Å². The lowest BCUT2D eigenvalue weighted by Crippen LogP contribution is -1.96. The van der Waals surface area contributed by atoms with Crippen molar-refractivity contribution >= 4 is 28.7 Å². The quantitative estimate of drug-likeness (QED) is 0.724. The van der Waals surface area contributed by atoms with E-state index in [1.54, 1.807) is 18.5 Å². The molecule has 0 aliphatic rings. The molecule has 0 spiro atoms. The summed E-state index contributed by atoms with van der Waals surface area (Å²) in [6.07, 6.45) is 4.27. The lowest BCUT2D eigenvalue weighted by atomic mass is 10.1. The Morgan fingerprint density at radius 2 is 1.95 bits per heavy atom. The molecule has 0 amide bonds. The summed E-state index contributed by atoms with van der Waals surface area (Å²) in [5.74, 6) is 1.47. The lowest BCUT2D eigenvalue weighted by molar-refractivity contribution is 0.112. The third kappa shape index (κ3) is 2.28. The Labute approximate surface area is 110 Å². The Kier molecular flexibility index (Phi) is 2.90. The molecular formula is C15H11N3O. The van der Waals surface area contributed by atoms with Gasteiger partial charge < -0.3 is 5.32 Å². The summed E-state index contributed by atoms with van der Waals surface area (Å²) in [6, 6.07) is 13.0. The second kappa shape index (κ2) is 4.86. The van der Waals surface area contributed by atoms with Crippen LogP contribution < -0.4 is 5.32 Å². The van der Waals surface area contributed by atoms with E-state index >= 15 is 0 Å². The number of fused-ring (bicyclic) bond motifs is 1. The normalized spacial score (nSPS) is 10.3. The molecular weight excluding hydrogens is 238 g/mol. The molecule has 92 valence electrons. The van der Waals surface area contributed by atoms with E-state index in [0.29, 0.717) is 5.56 Å². The van der Waals surface area contributed by atoms with Gasteiger partial charge in [-0.3, -0.25) is 4.79 Å². The number of carbonyl (C=O) groups excluding carboxylic acids is 1. The predicted molar refractivity (Wildman–Crippen MR) is 74.7 cm³/mol. The van der Waals surface area contributed by atoms with Gasteiger partial charge in [0.15, 0.2) is 0 Å². The number of aromatic nitrogens is 2. The van der Waals surface area contributed by atoms with Crippen molar-refractivity contribution in [2.24, 2.45) is 0 Å². The van der Waals surface area contributed by atoms with Gasteiger partial charge in [-0.15, -0.1) is 0 Å². The molecule has 2 heterocycles. The Hall–Kier alpha value is -2.75. The molecule has 0 bridgehead atoms. The molecule has 0 radical (unpaired) electrons. The largest absolute Gasteiger partial charge is 0.324 e. The van der Waals surface area contributed by atoms with Crippen LogP contribution in [0, 0.1) is 0 Å². The summed E-state index contributed by atoms with van der Waals surface area (Å²) in [6.45, 7) is 0. The Morgan fingerprint density at radius 3 is 2.74 bits per heavy atom. The second-order valence-corrected chi connectivity index (χ2v) is 4.10. The highest BCUT2D eigenvalue weighted by Crippen LogP contribution is 2.23. The Bertz CT molecular complexity index is 726. The molecule has 3 rings (SSSR count). The van der Waals surface area contributed by atoms with Crippen molar-refractivity contribution in [3.63, 3.8) is 0 Å². The number of hydrogen-bond acceptors (Lipinski definition) is 4. The van der Waals surface area contributed by atoms with E-state index in [1.165, 1.54) is 0 Å².